The summed E-state index contributed by atoms with van der Waals surface area (Å²) in [6.07, 6.45) is 5.67. The Labute approximate surface area is 134 Å². The molecule has 0 atom stereocenters. The van der Waals surface area contributed by atoms with E-state index in [0.717, 1.165) is 10.8 Å². The third kappa shape index (κ3) is 3.61. The first-order chi connectivity index (χ1) is 8.35. The van der Waals surface area contributed by atoms with Crippen LogP contribution >= 0.6 is 56.9 Å². The summed E-state index contributed by atoms with van der Waals surface area (Å²) >= 11 is 6.57. The Hall–Kier alpha value is 0.250. The van der Waals surface area contributed by atoms with Crippen LogP contribution in [-0.2, 0) is 0 Å². The van der Waals surface area contributed by atoms with Gasteiger partial charge in [0.05, 0.1) is 0 Å². The van der Waals surface area contributed by atoms with E-state index in [2.05, 4.69) is 91.7 Å². The summed E-state index contributed by atoms with van der Waals surface area (Å²) in [7, 11) is 0. The minimum absolute atomic E-state index is 1.09. The van der Waals surface area contributed by atoms with Crippen LogP contribution in [0.5, 0.6) is 0 Å². The normalized spacial score (nSPS) is 17.9. The second-order valence-corrected chi connectivity index (χ2v) is 6.31. The van der Waals surface area contributed by atoms with Gasteiger partial charge in [0, 0.05) is 14.2 Å². The molecular formula is C14H12I2S. The lowest BCUT2D eigenvalue weighted by molar-refractivity contribution is 1.09. The number of alkyl halides is 1. The number of halogens is 2. The van der Waals surface area contributed by atoms with Crippen molar-refractivity contribution in [1.29, 1.82) is 0 Å². The van der Waals surface area contributed by atoms with E-state index >= 15 is 0 Å². The number of rotatable bonds is 4. The summed E-state index contributed by atoms with van der Waals surface area (Å²) in [6.45, 7) is 0. The highest BCUT2D eigenvalue weighted by Crippen LogP contribution is 2.45. The van der Waals surface area contributed by atoms with Crippen molar-refractivity contribution in [2.75, 3.05) is 4.43 Å². The molecule has 0 heterocycles. The summed E-state index contributed by atoms with van der Waals surface area (Å²) in [5, 5.41) is 0. The molecule has 0 saturated carbocycles. The first kappa shape index (κ1) is 13.7. The molecule has 0 saturated heterocycles. The lowest BCUT2D eigenvalue weighted by Gasteiger charge is -2.25. The summed E-state index contributed by atoms with van der Waals surface area (Å²) in [5.41, 5.74) is 2.96. The lowest BCUT2D eigenvalue weighted by Crippen LogP contribution is -2.04. The van der Waals surface area contributed by atoms with Crippen molar-refractivity contribution in [1.82, 2.24) is 0 Å². The molecule has 0 amide bonds. The average molecular weight is 466 g/mol. The Morgan fingerprint density at radius 3 is 2.65 bits per heavy atom. The van der Waals surface area contributed by atoms with Gasteiger partial charge in [-0.25, -0.2) is 0 Å². The van der Waals surface area contributed by atoms with E-state index < -0.39 is 0 Å². The Balaban J connectivity index is 2.21. The Morgan fingerprint density at radius 2 is 2.00 bits per heavy atom. The molecule has 0 aromatic heterocycles. The lowest BCUT2D eigenvalue weighted by atomic mass is 9.92. The van der Waals surface area contributed by atoms with E-state index in [1.165, 1.54) is 20.9 Å². The van der Waals surface area contributed by atoms with Gasteiger partial charge in [-0.2, -0.15) is 0 Å². The smallest absolute Gasteiger partial charge is 0.0190 e. The molecule has 3 heteroatoms. The predicted octanol–water partition coefficient (Wildman–Crippen LogP) is 5.75. The Morgan fingerprint density at radius 1 is 1.24 bits per heavy atom. The van der Waals surface area contributed by atoms with Gasteiger partial charge in [-0.1, -0.05) is 87.3 Å². The minimum atomic E-state index is 1.09. The van der Waals surface area contributed by atoms with Gasteiger partial charge < -0.3 is 0 Å². The first-order valence-corrected chi connectivity index (χ1v) is 8.92. The quantitative estimate of drug-likeness (QED) is 0.403. The van der Waals surface area contributed by atoms with Gasteiger partial charge in [0.25, 0.3) is 0 Å². The average Bonchev–Trinajstić information content (AvgIpc) is 2.36. The van der Waals surface area contributed by atoms with Crippen LogP contribution in [0.3, 0.4) is 0 Å². The largest absolute Gasteiger partial charge is 0.0895 e. The standard InChI is InChI=1S/C14H12I2S/c15-8-6-11-10-12(7-9-16)14(11)17-13-4-2-1-3-5-13/h1-8H,9-10H2/b8-6+,12-7+. The molecule has 0 radical (unpaired) electrons. The van der Waals surface area contributed by atoms with Crippen LogP contribution in [0.2, 0.25) is 0 Å². The van der Waals surface area contributed by atoms with Crippen LogP contribution in [-0.4, -0.2) is 4.43 Å². The van der Waals surface area contributed by atoms with E-state index in [-0.39, 0.29) is 0 Å². The van der Waals surface area contributed by atoms with Crippen LogP contribution in [0.4, 0.5) is 0 Å². The monoisotopic (exact) mass is 466 g/mol. The van der Waals surface area contributed by atoms with Crippen LogP contribution in [0.1, 0.15) is 6.42 Å². The number of hydrogen-bond donors (Lipinski definition) is 0. The van der Waals surface area contributed by atoms with Crippen molar-refractivity contribution < 1.29 is 0 Å². The number of benzene rings is 1. The van der Waals surface area contributed by atoms with Gasteiger partial charge in [-0.15, -0.1) is 0 Å². The van der Waals surface area contributed by atoms with Gasteiger partial charge in [0.15, 0.2) is 0 Å². The van der Waals surface area contributed by atoms with Gasteiger partial charge in [0.1, 0.15) is 0 Å². The van der Waals surface area contributed by atoms with Crippen LogP contribution in [0.25, 0.3) is 0 Å². The molecule has 1 aromatic carbocycles. The first-order valence-electron chi connectivity index (χ1n) is 5.33. The molecule has 0 spiro atoms. The van der Waals surface area contributed by atoms with E-state index in [4.69, 9.17) is 0 Å². The summed E-state index contributed by atoms with van der Waals surface area (Å²) in [6, 6.07) is 10.6. The van der Waals surface area contributed by atoms with Crippen molar-refractivity contribution >= 4 is 56.9 Å². The minimum Gasteiger partial charge on any atom is -0.0895 e. The molecule has 1 aliphatic rings. The fourth-order valence-electron chi connectivity index (χ4n) is 1.67. The topological polar surface area (TPSA) is 0 Å². The molecule has 1 aliphatic carbocycles. The number of thioether (sulfide) groups is 1. The molecule has 1 aromatic rings. The van der Waals surface area contributed by atoms with Crippen LogP contribution in [0.15, 0.2) is 67.5 Å². The second kappa shape index (κ2) is 6.99. The fourth-order valence-corrected chi connectivity index (χ4v) is 3.72. The Kier molecular flexibility index (Phi) is 5.62. The molecule has 0 fully saturated rings. The zero-order chi connectivity index (χ0) is 12.1. The fraction of sp³-hybridized carbons (Fsp3) is 0.143. The molecule has 0 aliphatic heterocycles. The van der Waals surface area contributed by atoms with Crippen molar-refractivity contribution in [3.8, 4) is 0 Å². The number of hydrogen-bond acceptors (Lipinski definition) is 1. The second-order valence-electron chi connectivity index (χ2n) is 3.62. The maximum absolute atomic E-state index is 2.40. The predicted molar refractivity (Wildman–Crippen MR) is 94.1 cm³/mol. The number of allylic oxidation sites excluding steroid dienone is 4. The summed E-state index contributed by atoms with van der Waals surface area (Å²) in [5.74, 6) is 0. The highest BCUT2D eigenvalue weighted by atomic mass is 127. The molecular weight excluding hydrogens is 454 g/mol. The molecule has 88 valence electrons. The highest BCUT2D eigenvalue weighted by Gasteiger charge is 2.21. The van der Waals surface area contributed by atoms with E-state index in [9.17, 15) is 0 Å². The maximum Gasteiger partial charge on any atom is 0.0190 e. The third-order valence-corrected chi connectivity index (χ3v) is 4.55. The van der Waals surface area contributed by atoms with Crippen LogP contribution < -0.4 is 0 Å². The molecule has 0 bridgehead atoms. The van der Waals surface area contributed by atoms with Crippen molar-refractivity contribution in [3.63, 3.8) is 0 Å². The van der Waals surface area contributed by atoms with E-state index in [1.54, 1.807) is 0 Å². The SMILES string of the molecule is I/C=C/C1=C(Sc2ccccc2)C(=C/CI)/C1. The van der Waals surface area contributed by atoms with Gasteiger partial charge in [-0.3, -0.25) is 0 Å². The van der Waals surface area contributed by atoms with Gasteiger partial charge >= 0.3 is 0 Å². The van der Waals surface area contributed by atoms with Crippen LogP contribution in [0, 0.1) is 0 Å². The molecule has 0 N–H and O–H groups in total. The van der Waals surface area contributed by atoms with Gasteiger partial charge in [0.2, 0.25) is 0 Å². The van der Waals surface area contributed by atoms with Crippen molar-refractivity contribution in [2.45, 2.75) is 11.3 Å². The summed E-state index contributed by atoms with van der Waals surface area (Å²) < 4.78 is 3.19. The summed E-state index contributed by atoms with van der Waals surface area (Å²) in [4.78, 5) is 2.77. The molecule has 2 rings (SSSR count). The zero-order valence-corrected chi connectivity index (χ0v) is 14.3. The van der Waals surface area contributed by atoms with Crippen molar-refractivity contribution in [3.05, 3.63) is 62.6 Å². The van der Waals surface area contributed by atoms with E-state index in [1.807, 2.05) is 11.8 Å². The highest BCUT2D eigenvalue weighted by molar-refractivity contribution is 14.1. The van der Waals surface area contributed by atoms with E-state index in [0.29, 0.717) is 0 Å². The van der Waals surface area contributed by atoms with Crippen molar-refractivity contribution in [2.24, 2.45) is 0 Å². The Bertz CT molecular complexity index is 472. The maximum atomic E-state index is 2.40. The molecule has 0 unspecified atom stereocenters. The van der Waals surface area contributed by atoms with Gasteiger partial charge in [-0.05, 0) is 33.8 Å². The third-order valence-electron chi connectivity index (χ3n) is 2.52. The molecule has 0 nitrogen and oxygen atoms in total. The zero-order valence-electron chi connectivity index (χ0n) is 9.20. The molecule has 17 heavy (non-hydrogen) atoms.